The number of aromatic nitrogens is 1. The topological polar surface area (TPSA) is 34.2 Å². The average Bonchev–Trinajstić information content (AvgIpc) is 2.93. The van der Waals surface area contributed by atoms with Gasteiger partial charge in [0.05, 0.1) is 7.11 Å². The number of nitrogens with one attached hydrogen (secondary N) is 1. The van der Waals surface area contributed by atoms with Crippen molar-refractivity contribution in [1.82, 2.24) is 4.98 Å². The minimum atomic E-state index is 0.552. The van der Waals surface area contributed by atoms with Crippen molar-refractivity contribution < 1.29 is 9.47 Å². The number of rotatable bonds is 4. The van der Waals surface area contributed by atoms with E-state index in [9.17, 15) is 0 Å². The van der Waals surface area contributed by atoms with Crippen LogP contribution >= 0.6 is 0 Å². The Labute approximate surface area is 111 Å². The Morgan fingerprint density at radius 2 is 1.74 bits per heavy atom. The minimum Gasteiger partial charge on any atom is -0.497 e. The first-order valence-corrected chi connectivity index (χ1v) is 6.18. The maximum absolute atomic E-state index is 5.78. The Morgan fingerprint density at radius 1 is 0.947 bits per heavy atom. The van der Waals surface area contributed by atoms with E-state index in [-0.39, 0.29) is 0 Å². The lowest BCUT2D eigenvalue weighted by atomic mass is 10.2. The van der Waals surface area contributed by atoms with E-state index in [0.717, 1.165) is 22.6 Å². The zero-order valence-corrected chi connectivity index (χ0v) is 10.7. The smallest absolute Gasteiger partial charge is 0.121 e. The molecule has 1 aromatic heterocycles. The summed E-state index contributed by atoms with van der Waals surface area (Å²) in [4.78, 5) is 3.18. The first-order chi connectivity index (χ1) is 9.35. The van der Waals surface area contributed by atoms with Gasteiger partial charge in [-0.3, -0.25) is 0 Å². The van der Waals surface area contributed by atoms with Gasteiger partial charge in [-0.05, 0) is 41.3 Å². The monoisotopic (exact) mass is 253 g/mol. The van der Waals surface area contributed by atoms with Gasteiger partial charge in [0, 0.05) is 17.8 Å². The van der Waals surface area contributed by atoms with E-state index < -0.39 is 0 Å². The van der Waals surface area contributed by atoms with Gasteiger partial charge in [0.2, 0.25) is 0 Å². The number of fused-ring (bicyclic) bond motifs is 1. The predicted octanol–water partition coefficient (Wildman–Crippen LogP) is 3.76. The van der Waals surface area contributed by atoms with E-state index in [1.165, 1.54) is 5.39 Å². The van der Waals surface area contributed by atoms with Crippen molar-refractivity contribution in [2.24, 2.45) is 0 Å². The van der Waals surface area contributed by atoms with Crippen LogP contribution in [0.2, 0.25) is 0 Å². The molecule has 0 saturated carbocycles. The van der Waals surface area contributed by atoms with Crippen molar-refractivity contribution in [2.75, 3.05) is 7.11 Å². The van der Waals surface area contributed by atoms with Gasteiger partial charge in [-0.1, -0.05) is 12.1 Å². The van der Waals surface area contributed by atoms with Crippen LogP contribution in [0.15, 0.2) is 54.7 Å². The molecule has 1 N–H and O–H groups in total. The van der Waals surface area contributed by atoms with E-state index in [1.807, 2.05) is 48.7 Å². The summed E-state index contributed by atoms with van der Waals surface area (Å²) in [7, 11) is 1.66. The molecule has 0 saturated heterocycles. The van der Waals surface area contributed by atoms with Crippen molar-refractivity contribution in [2.45, 2.75) is 6.61 Å². The third-order valence-corrected chi connectivity index (χ3v) is 3.09. The van der Waals surface area contributed by atoms with Crippen LogP contribution in [-0.4, -0.2) is 12.1 Å². The number of H-pyrrole nitrogens is 1. The van der Waals surface area contributed by atoms with Crippen molar-refractivity contribution in [3.63, 3.8) is 0 Å². The van der Waals surface area contributed by atoms with E-state index >= 15 is 0 Å². The van der Waals surface area contributed by atoms with Gasteiger partial charge >= 0.3 is 0 Å². The van der Waals surface area contributed by atoms with Crippen LogP contribution < -0.4 is 9.47 Å². The molecule has 0 bridgehead atoms. The quantitative estimate of drug-likeness (QED) is 0.768. The highest BCUT2D eigenvalue weighted by molar-refractivity contribution is 5.80. The fraction of sp³-hybridized carbons (Fsp3) is 0.125. The summed E-state index contributed by atoms with van der Waals surface area (Å²) in [6.45, 7) is 0.552. The van der Waals surface area contributed by atoms with Crippen molar-refractivity contribution in [3.8, 4) is 11.5 Å². The van der Waals surface area contributed by atoms with Crippen molar-refractivity contribution in [1.29, 1.82) is 0 Å². The van der Waals surface area contributed by atoms with Gasteiger partial charge in [0.1, 0.15) is 18.1 Å². The zero-order chi connectivity index (χ0) is 13.1. The maximum atomic E-state index is 5.78. The van der Waals surface area contributed by atoms with Crippen molar-refractivity contribution >= 4 is 10.9 Å². The molecule has 2 aromatic carbocycles. The van der Waals surface area contributed by atoms with Crippen LogP contribution in [0.5, 0.6) is 11.5 Å². The molecule has 3 rings (SSSR count). The average molecular weight is 253 g/mol. The van der Waals surface area contributed by atoms with Crippen LogP contribution in [-0.2, 0) is 6.61 Å². The number of methoxy groups -OCH3 is 1. The van der Waals surface area contributed by atoms with E-state index in [1.54, 1.807) is 7.11 Å². The van der Waals surface area contributed by atoms with Gasteiger partial charge in [0.25, 0.3) is 0 Å². The molecular weight excluding hydrogens is 238 g/mol. The largest absolute Gasteiger partial charge is 0.497 e. The fourth-order valence-electron chi connectivity index (χ4n) is 2.01. The summed E-state index contributed by atoms with van der Waals surface area (Å²) in [5.41, 5.74) is 2.21. The number of benzene rings is 2. The summed E-state index contributed by atoms with van der Waals surface area (Å²) in [5.74, 6) is 1.72. The van der Waals surface area contributed by atoms with Gasteiger partial charge in [-0.25, -0.2) is 0 Å². The van der Waals surface area contributed by atoms with E-state index in [4.69, 9.17) is 9.47 Å². The van der Waals surface area contributed by atoms with Gasteiger partial charge in [0.15, 0.2) is 0 Å². The number of ether oxygens (including phenoxy) is 2. The Balaban J connectivity index is 1.70. The second-order valence-electron chi connectivity index (χ2n) is 4.36. The highest BCUT2D eigenvalue weighted by Crippen LogP contribution is 2.20. The molecule has 3 aromatic rings. The molecule has 0 radical (unpaired) electrons. The molecule has 96 valence electrons. The molecule has 0 spiro atoms. The molecular formula is C16H15NO2. The van der Waals surface area contributed by atoms with E-state index in [2.05, 4.69) is 11.1 Å². The summed E-state index contributed by atoms with van der Waals surface area (Å²) in [6, 6.07) is 16.0. The molecule has 0 atom stereocenters. The summed E-state index contributed by atoms with van der Waals surface area (Å²) < 4.78 is 10.9. The Morgan fingerprint density at radius 3 is 2.53 bits per heavy atom. The minimum absolute atomic E-state index is 0.552. The Kier molecular flexibility index (Phi) is 3.11. The van der Waals surface area contributed by atoms with Gasteiger partial charge in [-0.2, -0.15) is 0 Å². The highest BCUT2D eigenvalue weighted by atomic mass is 16.5. The van der Waals surface area contributed by atoms with Crippen LogP contribution in [0.4, 0.5) is 0 Å². The molecule has 0 aliphatic carbocycles. The number of aromatic amines is 1. The standard InChI is InChI=1S/C16H15NO2/c1-18-14-5-2-12(3-6-14)11-19-15-7-4-13-8-9-17-16(13)10-15/h2-10,17H,11H2,1H3. The number of hydrogen-bond acceptors (Lipinski definition) is 2. The highest BCUT2D eigenvalue weighted by Gasteiger charge is 1.99. The van der Waals surface area contributed by atoms with E-state index in [0.29, 0.717) is 6.61 Å². The summed E-state index contributed by atoms with van der Waals surface area (Å²) >= 11 is 0. The van der Waals surface area contributed by atoms with Gasteiger partial charge in [-0.15, -0.1) is 0 Å². The summed E-state index contributed by atoms with van der Waals surface area (Å²) in [5, 5.41) is 1.19. The third kappa shape index (κ3) is 2.55. The van der Waals surface area contributed by atoms with Gasteiger partial charge < -0.3 is 14.5 Å². The molecule has 0 unspecified atom stereocenters. The second kappa shape index (κ2) is 5.06. The fourth-order valence-corrected chi connectivity index (χ4v) is 2.01. The summed E-state index contributed by atoms with van der Waals surface area (Å²) in [6.07, 6.45) is 1.93. The lowest BCUT2D eigenvalue weighted by Gasteiger charge is -2.07. The molecule has 0 fully saturated rings. The predicted molar refractivity (Wildman–Crippen MR) is 75.6 cm³/mol. The first-order valence-electron chi connectivity index (χ1n) is 6.18. The molecule has 19 heavy (non-hydrogen) atoms. The molecule has 3 heteroatoms. The lowest BCUT2D eigenvalue weighted by molar-refractivity contribution is 0.306. The maximum Gasteiger partial charge on any atom is 0.121 e. The normalized spacial score (nSPS) is 10.6. The molecule has 0 aliphatic rings. The second-order valence-corrected chi connectivity index (χ2v) is 4.36. The lowest BCUT2D eigenvalue weighted by Crippen LogP contribution is -1.95. The molecule has 0 amide bonds. The van der Waals surface area contributed by atoms with Crippen LogP contribution in [0.25, 0.3) is 10.9 Å². The van der Waals surface area contributed by atoms with Crippen LogP contribution in [0, 0.1) is 0 Å². The third-order valence-electron chi connectivity index (χ3n) is 3.09. The van der Waals surface area contributed by atoms with Crippen molar-refractivity contribution in [3.05, 3.63) is 60.3 Å². The molecule has 1 heterocycles. The first kappa shape index (κ1) is 11.7. The van der Waals surface area contributed by atoms with Crippen LogP contribution in [0.3, 0.4) is 0 Å². The van der Waals surface area contributed by atoms with Crippen LogP contribution in [0.1, 0.15) is 5.56 Å². The Hall–Kier alpha value is -2.42. The SMILES string of the molecule is COc1ccc(COc2ccc3cc[nH]c3c2)cc1. The zero-order valence-electron chi connectivity index (χ0n) is 10.7. The Bertz CT molecular complexity index is 671. The number of hydrogen-bond donors (Lipinski definition) is 1. The molecule has 0 aliphatic heterocycles. The molecule has 3 nitrogen and oxygen atoms in total.